The van der Waals surface area contributed by atoms with Gasteiger partial charge in [-0.2, -0.15) is 0 Å². The Balaban J connectivity index is 1.79. The molecule has 3 rings (SSSR count). The molecule has 0 unspecified atom stereocenters. The van der Waals surface area contributed by atoms with Crippen LogP contribution in [0.25, 0.3) is 0 Å². The smallest absolute Gasteiger partial charge is 0.269 e. The Labute approximate surface area is 145 Å². The number of fused-ring (bicyclic) bond motifs is 1. The van der Waals surface area contributed by atoms with Gasteiger partial charge in [0.25, 0.3) is 11.8 Å². The number of hydrogen-bond donors (Lipinski definition) is 1. The number of amides is 2. The van der Waals surface area contributed by atoms with Crippen molar-refractivity contribution in [1.29, 1.82) is 0 Å². The van der Waals surface area contributed by atoms with E-state index in [1.807, 2.05) is 13.0 Å². The minimum Gasteiger partial charge on any atom is -0.351 e. The number of nitrogens with one attached hydrogen (secondary N) is 1. The Morgan fingerprint density at radius 1 is 1.25 bits per heavy atom. The summed E-state index contributed by atoms with van der Waals surface area (Å²) in [6.07, 6.45) is 0.624. The van der Waals surface area contributed by atoms with E-state index < -0.39 is 0 Å². The van der Waals surface area contributed by atoms with E-state index in [0.717, 1.165) is 11.3 Å². The molecular formula is C18H18ClN3O2. The molecule has 5 nitrogen and oxygen atoms in total. The molecule has 2 heterocycles. The van der Waals surface area contributed by atoms with Crippen molar-refractivity contribution in [2.45, 2.75) is 19.9 Å². The molecule has 0 saturated carbocycles. The summed E-state index contributed by atoms with van der Waals surface area (Å²) in [5, 5.41) is 3.20. The second kappa shape index (κ2) is 7.01. The highest BCUT2D eigenvalue weighted by Gasteiger charge is 2.24. The van der Waals surface area contributed by atoms with Crippen molar-refractivity contribution in [2.24, 2.45) is 0 Å². The lowest BCUT2D eigenvalue weighted by Gasteiger charge is -2.28. The number of aromatic nitrogens is 1. The summed E-state index contributed by atoms with van der Waals surface area (Å²) >= 11 is 6.12. The van der Waals surface area contributed by atoms with Gasteiger partial charge in [-0.1, -0.05) is 29.8 Å². The van der Waals surface area contributed by atoms with E-state index in [1.54, 1.807) is 35.2 Å². The van der Waals surface area contributed by atoms with E-state index in [0.29, 0.717) is 42.3 Å². The molecule has 1 aromatic heterocycles. The van der Waals surface area contributed by atoms with E-state index in [-0.39, 0.29) is 11.8 Å². The zero-order valence-electron chi connectivity index (χ0n) is 13.4. The van der Waals surface area contributed by atoms with Gasteiger partial charge in [-0.3, -0.25) is 9.59 Å². The quantitative estimate of drug-likeness (QED) is 0.932. The molecule has 0 saturated heterocycles. The fraction of sp³-hybridized carbons (Fsp3) is 0.278. The highest BCUT2D eigenvalue weighted by Crippen LogP contribution is 2.22. The molecule has 124 valence electrons. The van der Waals surface area contributed by atoms with Crippen LogP contribution in [-0.4, -0.2) is 34.8 Å². The molecule has 6 heteroatoms. The van der Waals surface area contributed by atoms with Crippen LogP contribution < -0.4 is 5.32 Å². The maximum atomic E-state index is 12.6. The molecule has 0 atom stereocenters. The average molecular weight is 344 g/mol. The molecular weight excluding hydrogens is 326 g/mol. The van der Waals surface area contributed by atoms with Crippen LogP contribution in [-0.2, 0) is 13.0 Å². The third-order valence-electron chi connectivity index (χ3n) is 4.01. The van der Waals surface area contributed by atoms with Gasteiger partial charge in [0.2, 0.25) is 0 Å². The lowest BCUT2D eigenvalue weighted by molar-refractivity contribution is 0.0732. The normalized spacial score (nSPS) is 13.3. The van der Waals surface area contributed by atoms with E-state index in [4.69, 9.17) is 11.6 Å². The Hall–Kier alpha value is -2.40. The molecule has 2 aromatic rings. The summed E-state index contributed by atoms with van der Waals surface area (Å²) in [5.41, 5.74) is 2.77. The first-order chi connectivity index (χ1) is 11.6. The fourth-order valence-electron chi connectivity index (χ4n) is 2.77. The average Bonchev–Trinajstić information content (AvgIpc) is 2.61. The summed E-state index contributed by atoms with van der Waals surface area (Å²) in [7, 11) is 0. The molecule has 0 bridgehead atoms. The van der Waals surface area contributed by atoms with E-state index >= 15 is 0 Å². The topological polar surface area (TPSA) is 62.3 Å². The van der Waals surface area contributed by atoms with Crippen molar-refractivity contribution >= 4 is 23.4 Å². The van der Waals surface area contributed by atoms with Crippen LogP contribution in [0.2, 0.25) is 5.02 Å². The minimum absolute atomic E-state index is 0.0842. The first kappa shape index (κ1) is 16.5. The zero-order valence-corrected chi connectivity index (χ0v) is 14.1. The SMILES string of the molecule is CCNC(=O)c1ccc2c(n1)CCN(C(=O)c1ccccc1Cl)C2. The third kappa shape index (κ3) is 3.26. The van der Waals surface area contributed by atoms with Crippen LogP contribution >= 0.6 is 11.6 Å². The van der Waals surface area contributed by atoms with Gasteiger partial charge in [-0.25, -0.2) is 4.98 Å². The van der Waals surface area contributed by atoms with Gasteiger partial charge in [0.1, 0.15) is 5.69 Å². The largest absolute Gasteiger partial charge is 0.351 e. The van der Waals surface area contributed by atoms with Crippen molar-refractivity contribution in [3.63, 3.8) is 0 Å². The molecule has 1 aliphatic heterocycles. The van der Waals surface area contributed by atoms with Crippen LogP contribution in [0.3, 0.4) is 0 Å². The van der Waals surface area contributed by atoms with E-state index in [9.17, 15) is 9.59 Å². The molecule has 24 heavy (non-hydrogen) atoms. The Bertz CT molecular complexity index is 792. The maximum Gasteiger partial charge on any atom is 0.269 e. The van der Waals surface area contributed by atoms with Crippen molar-refractivity contribution in [1.82, 2.24) is 15.2 Å². The second-order valence-electron chi connectivity index (χ2n) is 5.62. The van der Waals surface area contributed by atoms with Crippen LogP contribution in [0.4, 0.5) is 0 Å². The Morgan fingerprint density at radius 3 is 2.79 bits per heavy atom. The summed E-state index contributed by atoms with van der Waals surface area (Å²) < 4.78 is 0. The van der Waals surface area contributed by atoms with Gasteiger partial charge in [0.15, 0.2) is 0 Å². The van der Waals surface area contributed by atoms with Crippen LogP contribution in [0.1, 0.15) is 39.0 Å². The monoisotopic (exact) mass is 343 g/mol. The molecule has 1 aromatic carbocycles. The number of halogens is 1. The van der Waals surface area contributed by atoms with Crippen molar-refractivity contribution in [2.75, 3.05) is 13.1 Å². The fourth-order valence-corrected chi connectivity index (χ4v) is 2.99. The van der Waals surface area contributed by atoms with Crippen LogP contribution in [0.15, 0.2) is 36.4 Å². The number of rotatable bonds is 3. The molecule has 1 aliphatic rings. The molecule has 2 amide bonds. The first-order valence-corrected chi connectivity index (χ1v) is 8.28. The van der Waals surface area contributed by atoms with Gasteiger partial charge < -0.3 is 10.2 Å². The van der Waals surface area contributed by atoms with Gasteiger partial charge in [-0.05, 0) is 30.7 Å². The van der Waals surface area contributed by atoms with Gasteiger partial charge in [-0.15, -0.1) is 0 Å². The first-order valence-electron chi connectivity index (χ1n) is 7.91. The lowest BCUT2D eigenvalue weighted by atomic mass is 10.0. The van der Waals surface area contributed by atoms with Gasteiger partial charge >= 0.3 is 0 Å². The van der Waals surface area contributed by atoms with Crippen molar-refractivity contribution in [3.8, 4) is 0 Å². The highest BCUT2D eigenvalue weighted by molar-refractivity contribution is 6.33. The predicted molar refractivity (Wildman–Crippen MR) is 92.1 cm³/mol. The molecule has 0 fully saturated rings. The second-order valence-corrected chi connectivity index (χ2v) is 6.03. The van der Waals surface area contributed by atoms with Crippen molar-refractivity contribution in [3.05, 3.63) is 63.9 Å². The van der Waals surface area contributed by atoms with Gasteiger partial charge in [0, 0.05) is 31.7 Å². The molecule has 0 spiro atoms. The summed E-state index contributed by atoms with van der Waals surface area (Å²) in [4.78, 5) is 30.7. The predicted octanol–water partition coefficient (Wildman–Crippen LogP) is 2.68. The van der Waals surface area contributed by atoms with Gasteiger partial charge in [0.05, 0.1) is 10.6 Å². The number of carbonyl (C=O) groups excluding carboxylic acids is 2. The number of nitrogens with zero attached hydrogens (tertiary/aromatic N) is 2. The van der Waals surface area contributed by atoms with Crippen LogP contribution in [0.5, 0.6) is 0 Å². The highest BCUT2D eigenvalue weighted by atomic mass is 35.5. The van der Waals surface area contributed by atoms with E-state index in [1.165, 1.54) is 0 Å². The van der Waals surface area contributed by atoms with Crippen LogP contribution in [0, 0.1) is 0 Å². The summed E-state index contributed by atoms with van der Waals surface area (Å²) in [5.74, 6) is -0.256. The number of benzene rings is 1. The minimum atomic E-state index is -0.171. The third-order valence-corrected chi connectivity index (χ3v) is 4.34. The lowest BCUT2D eigenvalue weighted by Crippen LogP contribution is -2.37. The summed E-state index contributed by atoms with van der Waals surface area (Å²) in [6.45, 7) is 3.47. The van der Waals surface area contributed by atoms with E-state index in [2.05, 4.69) is 10.3 Å². The van der Waals surface area contributed by atoms with Crippen molar-refractivity contribution < 1.29 is 9.59 Å². The Kier molecular flexibility index (Phi) is 4.81. The zero-order chi connectivity index (χ0) is 17.1. The molecule has 0 aliphatic carbocycles. The summed E-state index contributed by atoms with van der Waals surface area (Å²) in [6, 6.07) is 10.6. The number of hydrogen-bond acceptors (Lipinski definition) is 3. The molecule has 1 N–H and O–H groups in total. The molecule has 0 radical (unpaired) electrons. The number of carbonyl (C=O) groups is 2. The standard InChI is InChI=1S/C18H18ClN3O2/c1-2-20-17(23)16-8-7-12-11-22(10-9-15(12)21-16)18(24)13-5-3-4-6-14(13)19/h3-8H,2,9-11H2,1H3,(H,20,23). The number of pyridine rings is 1. The Morgan fingerprint density at radius 2 is 2.04 bits per heavy atom. The maximum absolute atomic E-state index is 12.6.